The minimum atomic E-state index is 0.681. The Morgan fingerprint density at radius 2 is 2.11 bits per heavy atom. The van der Waals surface area contributed by atoms with Gasteiger partial charge < -0.3 is 15.4 Å². The standard InChI is InChI=1S/C14H18ClN3O/c1-16-7-3-8-17-11-6-9-18-14-12(19-2)5-4-10(15)13(11)14/h4-6,9,16H,3,7-8H2,1-2H3,(H,17,18). The molecule has 0 radical (unpaired) electrons. The zero-order valence-corrected chi connectivity index (χ0v) is 11.9. The first-order valence-corrected chi connectivity index (χ1v) is 6.65. The Bertz CT molecular complexity index is 560. The number of rotatable bonds is 6. The van der Waals surface area contributed by atoms with Crippen LogP contribution >= 0.6 is 11.6 Å². The third-order valence-electron chi connectivity index (χ3n) is 2.94. The van der Waals surface area contributed by atoms with Crippen LogP contribution < -0.4 is 15.4 Å². The van der Waals surface area contributed by atoms with Crippen molar-refractivity contribution >= 4 is 28.2 Å². The third-order valence-corrected chi connectivity index (χ3v) is 3.26. The first-order chi connectivity index (χ1) is 9.27. The molecule has 5 heteroatoms. The summed E-state index contributed by atoms with van der Waals surface area (Å²) < 4.78 is 5.32. The number of anilines is 1. The predicted molar refractivity (Wildman–Crippen MR) is 80.3 cm³/mol. The van der Waals surface area contributed by atoms with E-state index in [-0.39, 0.29) is 0 Å². The van der Waals surface area contributed by atoms with E-state index in [9.17, 15) is 0 Å². The van der Waals surface area contributed by atoms with Crippen molar-refractivity contribution < 1.29 is 4.74 Å². The van der Waals surface area contributed by atoms with E-state index >= 15 is 0 Å². The van der Waals surface area contributed by atoms with Crippen LogP contribution in [0.2, 0.25) is 5.02 Å². The van der Waals surface area contributed by atoms with Crippen molar-refractivity contribution in [3.8, 4) is 5.75 Å². The maximum atomic E-state index is 6.28. The van der Waals surface area contributed by atoms with Crippen molar-refractivity contribution in [2.75, 3.05) is 32.6 Å². The minimum absolute atomic E-state index is 0.681. The summed E-state index contributed by atoms with van der Waals surface area (Å²) in [7, 11) is 3.58. The first kappa shape index (κ1) is 13.9. The molecule has 0 amide bonds. The number of hydrogen-bond donors (Lipinski definition) is 2. The van der Waals surface area contributed by atoms with E-state index in [1.54, 1.807) is 13.3 Å². The molecule has 0 bridgehead atoms. The molecular weight excluding hydrogens is 262 g/mol. The molecule has 1 aromatic carbocycles. The zero-order chi connectivity index (χ0) is 13.7. The van der Waals surface area contributed by atoms with Crippen molar-refractivity contribution in [3.63, 3.8) is 0 Å². The lowest BCUT2D eigenvalue weighted by molar-refractivity contribution is 0.419. The molecule has 2 rings (SSSR count). The Morgan fingerprint density at radius 1 is 1.26 bits per heavy atom. The average Bonchev–Trinajstić information content (AvgIpc) is 2.44. The molecule has 1 aromatic heterocycles. The Balaban J connectivity index is 2.33. The molecule has 0 aliphatic rings. The van der Waals surface area contributed by atoms with Crippen LogP contribution in [0.1, 0.15) is 6.42 Å². The monoisotopic (exact) mass is 279 g/mol. The topological polar surface area (TPSA) is 46.2 Å². The normalized spacial score (nSPS) is 10.7. The van der Waals surface area contributed by atoms with Gasteiger partial charge in [0.05, 0.1) is 12.1 Å². The van der Waals surface area contributed by atoms with E-state index in [4.69, 9.17) is 16.3 Å². The number of hydrogen-bond acceptors (Lipinski definition) is 4. The predicted octanol–water partition coefficient (Wildman–Crippen LogP) is 2.92. The fourth-order valence-corrected chi connectivity index (χ4v) is 2.26. The number of aromatic nitrogens is 1. The highest BCUT2D eigenvalue weighted by Crippen LogP contribution is 2.34. The molecule has 4 nitrogen and oxygen atoms in total. The number of nitrogens with one attached hydrogen (secondary N) is 2. The molecule has 2 N–H and O–H groups in total. The Labute approximate surface area is 118 Å². The molecule has 0 aliphatic carbocycles. The van der Waals surface area contributed by atoms with Gasteiger partial charge in [0, 0.05) is 23.8 Å². The lowest BCUT2D eigenvalue weighted by Crippen LogP contribution is -2.13. The quantitative estimate of drug-likeness (QED) is 0.798. The van der Waals surface area contributed by atoms with Gasteiger partial charge in [0.25, 0.3) is 0 Å². The van der Waals surface area contributed by atoms with E-state index in [2.05, 4.69) is 15.6 Å². The highest BCUT2D eigenvalue weighted by molar-refractivity contribution is 6.36. The summed E-state index contributed by atoms with van der Waals surface area (Å²) >= 11 is 6.28. The number of nitrogens with zero attached hydrogens (tertiary/aromatic N) is 1. The van der Waals surface area contributed by atoms with Gasteiger partial charge in [-0.2, -0.15) is 0 Å². The Morgan fingerprint density at radius 3 is 2.84 bits per heavy atom. The van der Waals surface area contributed by atoms with Crippen LogP contribution in [-0.2, 0) is 0 Å². The summed E-state index contributed by atoms with van der Waals surface area (Å²) in [6.45, 7) is 1.86. The number of halogens is 1. The van der Waals surface area contributed by atoms with Gasteiger partial charge in [0.2, 0.25) is 0 Å². The summed E-state index contributed by atoms with van der Waals surface area (Å²) in [5.41, 5.74) is 1.78. The first-order valence-electron chi connectivity index (χ1n) is 6.27. The van der Waals surface area contributed by atoms with Crippen molar-refractivity contribution in [2.24, 2.45) is 0 Å². The van der Waals surface area contributed by atoms with Crippen LogP contribution in [0.5, 0.6) is 5.75 Å². The number of pyridine rings is 1. The van der Waals surface area contributed by atoms with Gasteiger partial charge in [0.1, 0.15) is 11.3 Å². The van der Waals surface area contributed by atoms with Gasteiger partial charge in [-0.05, 0) is 38.2 Å². The van der Waals surface area contributed by atoms with E-state index in [1.165, 1.54) is 0 Å². The fourth-order valence-electron chi connectivity index (χ4n) is 2.00. The minimum Gasteiger partial charge on any atom is -0.494 e. The van der Waals surface area contributed by atoms with Crippen molar-refractivity contribution in [3.05, 3.63) is 29.4 Å². The molecule has 2 aromatic rings. The molecule has 0 spiro atoms. The van der Waals surface area contributed by atoms with Gasteiger partial charge in [-0.15, -0.1) is 0 Å². The zero-order valence-electron chi connectivity index (χ0n) is 11.2. The van der Waals surface area contributed by atoms with Gasteiger partial charge in [-0.25, -0.2) is 0 Å². The van der Waals surface area contributed by atoms with E-state index < -0.39 is 0 Å². The lowest BCUT2D eigenvalue weighted by atomic mass is 10.1. The van der Waals surface area contributed by atoms with Gasteiger partial charge in [-0.3, -0.25) is 4.98 Å². The molecule has 0 fully saturated rings. The largest absolute Gasteiger partial charge is 0.494 e. The molecule has 0 atom stereocenters. The molecule has 102 valence electrons. The molecule has 1 heterocycles. The summed E-state index contributed by atoms with van der Waals surface area (Å²) in [6.07, 6.45) is 2.81. The van der Waals surface area contributed by atoms with E-state index in [1.807, 2.05) is 25.2 Å². The number of ether oxygens (including phenoxy) is 1. The molecule has 0 saturated carbocycles. The van der Waals surface area contributed by atoms with Crippen molar-refractivity contribution in [2.45, 2.75) is 6.42 Å². The van der Waals surface area contributed by atoms with Crippen LogP contribution in [0.3, 0.4) is 0 Å². The Hall–Kier alpha value is -1.52. The summed E-state index contributed by atoms with van der Waals surface area (Å²) in [5.74, 6) is 0.735. The molecule has 0 saturated heterocycles. The molecular formula is C14H18ClN3O. The highest BCUT2D eigenvalue weighted by Gasteiger charge is 2.10. The Kier molecular flexibility index (Phi) is 4.82. The van der Waals surface area contributed by atoms with E-state index in [0.29, 0.717) is 5.02 Å². The number of fused-ring (bicyclic) bond motifs is 1. The van der Waals surface area contributed by atoms with E-state index in [0.717, 1.165) is 41.9 Å². The van der Waals surface area contributed by atoms with Gasteiger partial charge in [-0.1, -0.05) is 11.6 Å². The molecule has 19 heavy (non-hydrogen) atoms. The fraction of sp³-hybridized carbons (Fsp3) is 0.357. The number of methoxy groups -OCH3 is 1. The third kappa shape index (κ3) is 3.08. The van der Waals surface area contributed by atoms with Gasteiger partial charge in [0.15, 0.2) is 0 Å². The van der Waals surface area contributed by atoms with Crippen LogP contribution in [-0.4, -0.2) is 32.2 Å². The van der Waals surface area contributed by atoms with Crippen LogP contribution in [0.4, 0.5) is 5.69 Å². The lowest BCUT2D eigenvalue weighted by Gasteiger charge is -2.12. The molecule has 0 unspecified atom stereocenters. The summed E-state index contributed by atoms with van der Waals surface area (Å²) in [4.78, 5) is 4.36. The second kappa shape index (κ2) is 6.59. The van der Waals surface area contributed by atoms with Crippen LogP contribution in [0.15, 0.2) is 24.4 Å². The SMILES string of the molecule is CNCCCNc1ccnc2c(OC)ccc(Cl)c12. The maximum Gasteiger partial charge on any atom is 0.145 e. The van der Waals surface area contributed by atoms with Crippen LogP contribution in [0.25, 0.3) is 10.9 Å². The molecule has 0 aliphatic heterocycles. The maximum absolute atomic E-state index is 6.28. The smallest absolute Gasteiger partial charge is 0.145 e. The average molecular weight is 280 g/mol. The number of benzene rings is 1. The highest BCUT2D eigenvalue weighted by atomic mass is 35.5. The van der Waals surface area contributed by atoms with Crippen molar-refractivity contribution in [1.29, 1.82) is 0 Å². The summed E-state index contributed by atoms with van der Waals surface area (Å²) in [6, 6.07) is 5.61. The second-order valence-electron chi connectivity index (χ2n) is 4.22. The second-order valence-corrected chi connectivity index (χ2v) is 4.62. The summed E-state index contributed by atoms with van der Waals surface area (Å²) in [5, 5.41) is 8.11. The van der Waals surface area contributed by atoms with Crippen LogP contribution in [0, 0.1) is 0 Å². The van der Waals surface area contributed by atoms with Gasteiger partial charge >= 0.3 is 0 Å². The van der Waals surface area contributed by atoms with Crippen molar-refractivity contribution in [1.82, 2.24) is 10.3 Å².